The number of carbonyl (C=O) groups excluding carboxylic acids is 1. The number of ether oxygens (including phenoxy) is 1. The molecule has 1 saturated carbocycles. The predicted molar refractivity (Wildman–Crippen MR) is 51.4 cm³/mol. The number of halogens is 1. The number of nitrogens with zero attached hydrogens (tertiary/aromatic N) is 1. The maximum Gasteiger partial charge on any atom is 0.267 e. The van der Waals surface area contributed by atoms with E-state index in [2.05, 4.69) is 4.98 Å². The number of hydrogen-bond donors (Lipinski definition) is 1. The molecule has 1 heterocycles. The summed E-state index contributed by atoms with van der Waals surface area (Å²) in [7, 11) is 0. The van der Waals surface area contributed by atoms with Crippen LogP contribution in [0.4, 0.5) is 0 Å². The molecule has 1 aliphatic carbocycles. The van der Waals surface area contributed by atoms with E-state index >= 15 is 0 Å². The van der Waals surface area contributed by atoms with Gasteiger partial charge in [0.15, 0.2) is 0 Å². The molecule has 2 rings (SSSR count). The van der Waals surface area contributed by atoms with Crippen molar-refractivity contribution in [3.8, 4) is 5.75 Å². The van der Waals surface area contributed by atoms with Gasteiger partial charge in [-0.25, -0.2) is 4.98 Å². The van der Waals surface area contributed by atoms with Crippen LogP contribution in [-0.2, 0) is 0 Å². The largest absolute Gasteiger partial charge is 0.489 e. The van der Waals surface area contributed by atoms with Crippen molar-refractivity contribution in [2.75, 3.05) is 0 Å². The zero-order chi connectivity index (χ0) is 10.1. The van der Waals surface area contributed by atoms with Crippen LogP contribution in [-0.4, -0.2) is 17.0 Å². The molecule has 74 valence electrons. The summed E-state index contributed by atoms with van der Waals surface area (Å²) in [4.78, 5) is 14.6. The Bertz CT molecular complexity index is 377. The average Bonchev–Trinajstić information content (AvgIpc) is 2.92. The van der Waals surface area contributed by atoms with Crippen molar-refractivity contribution >= 4 is 17.5 Å². The molecule has 1 fully saturated rings. The fourth-order valence-electron chi connectivity index (χ4n) is 1.01. The summed E-state index contributed by atoms with van der Waals surface area (Å²) in [6.45, 7) is 0. The van der Waals surface area contributed by atoms with Gasteiger partial charge in [-0.3, -0.25) is 4.79 Å². The predicted octanol–water partition coefficient (Wildman–Crippen LogP) is 1.38. The normalized spacial score (nSPS) is 15.2. The fraction of sp³-hybridized carbons (Fsp3) is 0.333. The van der Waals surface area contributed by atoms with E-state index in [1.165, 1.54) is 12.3 Å². The van der Waals surface area contributed by atoms with Crippen molar-refractivity contribution in [1.29, 1.82) is 0 Å². The summed E-state index contributed by atoms with van der Waals surface area (Å²) >= 11 is 5.83. The third kappa shape index (κ3) is 1.96. The van der Waals surface area contributed by atoms with Gasteiger partial charge in [-0.05, 0) is 12.8 Å². The number of hydrogen-bond acceptors (Lipinski definition) is 3. The second-order valence-electron chi connectivity index (χ2n) is 3.18. The molecule has 0 bridgehead atoms. The Morgan fingerprint density at radius 2 is 2.36 bits per heavy atom. The van der Waals surface area contributed by atoms with Crippen LogP contribution in [0.15, 0.2) is 12.3 Å². The maximum atomic E-state index is 10.8. The van der Waals surface area contributed by atoms with Crippen molar-refractivity contribution in [1.82, 2.24) is 4.98 Å². The number of carbonyl (C=O) groups is 1. The van der Waals surface area contributed by atoms with Crippen molar-refractivity contribution < 1.29 is 9.53 Å². The van der Waals surface area contributed by atoms with Crippen LogP contribution in [0.5, 0.6) is 5.75 Å². The molecule has 1 aromatic heterocycles. The van der Waals surface area contributed by atoms with E-state index in [0.29, 0.717) is 10.8 Å². The molecular formula is C9H9ClN2O2. The van der Waals surface area contributed by atoms with Gasteiger partial charge in [0.25, 0.3) is 5.91 Å². The molecule has 1 amide bonds. The first-order valence-electron chi connectivity index (χ1n) is 4.29. The first-order valence-corrected chi connectivity index (χ1v) is 4.66. The maximum absolute atomic E-state index is 10.8. The van der Waals surface area contributed by atoms with Crippen LogP contribution in [0, 0.1) is 0 Å². The lowest BCUT2D eigenvalue weighted by molar-refractivity contribution is 0.0995. The van der Waals surface area contributed by atoms with E-state index in [0.717, 1.165) is 12.8 Å². The van der Waals surface area contributed by atoms with Crippen LogP contribution in [0.2, 0.25) is 5.02 Å². The monoisotopic (exact) mass is 212 g/mol. The van der Waals surface area contributed by atoms with Gasteiger partial charge >= 0.3 is 0 Å². The third-order valence-corrected chi connectivity index (χ3v) is 2.17. The lowest BCUT2D eigenvalue weighted by Gasteiger charge is -2.06. The molecule has 0 saturated heterocycles. The zero-order valence-electron chi connectivity index (χ0n) is 7.37. The van der Waals surface area contributed by atoms with Crippen molar-refractivity contribution in [2.24, 2.45) is 5.73 Å². The summed E-state index contributed by atoms with van der Waals surface area (Å²) in [6, 6.07) is 1.48. The lowest BCUT2D eigenvalue weighted by Crippen LogP contribution is -2.13. The Labute approximate surface area is 86.0 Å². The molecule has 0 aliphatic heterocycles. The summed E-state index contributed by atoms with van der Waals surface area (Å²) in [5, 5.41) is 0.405. The van der Waals surface area contributed by atoms with E-state index < -0.39 is 5.91 Å². The molecule has 5 heteroatoms. The standard InChI is InChI=1S/C9H9ClN2O2/c10-6-4-12-7(9(11)13)3-8(6)14-5-1-2-5/h3-5H,1-2H2,(H2,11,13). The summed E-state index contributed by atoms with van der Waals surface area (Å²) in [5.74, 6) is -0.0970. The van der Waals surface area contributed by atoms with Gasteiger partial charge in [0, 0.05) is 6.07 Å². The summed E-state index contributed by atoms with van der Waals surface area (Å²) in [6.07, 6.45) is 3.67. The van der Waals surface area contributed by atoms with Gasteiger partial charge in [-0.15, -0.1) is 0 Å². The van der Waals surface area contributed by atoms with Gasteiger partial charge < -0.3 is 10.5 Å². The quantitative estimate of drug-likeness (QED) is 0.823. The number of rotatable bonds is 3. The SMILES string of the molecule is NC(=O)c1cc(OC2CC2)c(Cl)cn1. The molecule has 14 heavy (non-hydrogen) atoms. The smallest absolute Gasteiger partial charge is 0.267 e. The molecule has 0 spiro atoms. The average molecular weight is 213 g/mol. The van der Waals surface area contributed by atoms with Crippen molar-refractivity contribution in [2.45, 2.75) is 18.9 Å². The molecule has 4 nitrogen and oxygen atoms in total. The Morgan fingerprint density at radius 3 is 2.93 bits per heavy atom. The third-order valence-electron chi connectivity index (χ3n) is 1.89. The van der Waals surface area contributed by atoms with E-state index in [9.17, 15) is 4.79 Å². The number of aromatic nitrogens is 1. The first kappa shape index (κ1) is 9.27. The summed E-state index contributed by atoms with van der Waals surface area (Å²) in [5.41, 5.74) is 5.25. The Balaban J connectivity index is 2.26. The highest BCUT2D eigenvalue weighted by molar-refractivity contribution is 6.32. The second kappa shape index (κ2) is 3.46. The van der Waals surface area contributed by atoms with Crippen LogP contribution in [0.1, 0.15) is 23.3 Å². The van der Waals surface area contributed by atoms with Crippen LogP contribution in [0.25, 0.3) is 0 Å². The number of primary amides is 1. The van der Waals surface area contributed by atoms with E-state index in [4.69, 9.17) is 22.1 Å². The van der Waals surface area contributed by atoms with Gasteiger partial charge in [0.1, 0.15) is 16.5 Å². The minimum atomic E-state index is -0.581. The highest BCUT2D eigenvalue weighted by Crippen LogP contribution is 2.31. The molecule has 1 aliphatic rings. The highest BCUT2D eigenvalue weighted by atomic mass is 35.5. The van der Waals surface area contributed by atoms with E-state index in [-0.39, 0.29) is 11.8 Å². The minimum absolute atomic E-state index is 0.171. The lowest BCUT2D eigenvalue weighted by atomic mass is 10.3. The van der Waals surface area contributed by atoms with Gasteiger partial charge in [0.2, 0.25) is 0 Å². The molecule has 2 N–H and O–H groups in total. The summed E-state index contributed by atoms with van der Waals surface area (Å²) < 4.78 is 5.47. The topological polar surface area (TPSA) is 65.2 Å². The van der Waals surface area contributed by atoms with E-state index in [1.807, 2.05) is 0 Å². The number of amides is 1. The molecule has 0 unspecified atom stereocenters. The second-order valence-corrected chi connectivity index (χ2v) is 3.59. The van der Waals surface area contributed by atoms with E-state index in [1.54, 1.807) is 0 Å². The minimum Gasteiger partial charge on any atom is -0.489 e. The Kier molecular flexibility index (Phi) is 2.29. The van der Waals surface area contributed by atoms with Gasteiger partial charge in [0.05, 0.1) is 12.3 Å². The highest BCUT2D eigenvalue weighted by Gasteiger charge is 2.24. The van der Waals surface area contributed by atoms with Crippen molar-refractivity contribution in [3.63, 3.8) is 0 Å². The van der Waals surface area contributed by atoms with Gasteiger partial charge in [-0.1, -0.05) is 11.6 Å². The first-order chi connectivity index (χ1) is 6.66. The molecule has 0 aromatic carbocycles. The van der Waals surface area contributed by atoms with Gasteiger partial charge in [-0.2, -0.15) is 0 Å². The molecular weight excluding hydrogens is 204 g/mol. The van der Waals surface area contributed by atoms with Crippen LogP contribution >= 0.6 is 11.6 Å². The number of pyridine rings is 1. The molecule has 0 atom stereocenters. The Morgan fingerprint density at radius 1 is 1.64 bits per heavy atom. The Hall–Kier alpha value is -1.29. The fourth-order valence-corrected chi connectivity index (χ4v) is 1.16. The van der Waals surface area contributed by atoms with Crippen LogP contribution < -0.4 is 10.5 Å². The van der Waals surface area contributed by atoms with Crippen LogP contribution in [0.3, 0.4) is 0 Å². The molecule has 0 radical (unpaired) electrons. The molecule has 1 aromatic rings. The number of nitrogens with two attached hydrogens (primary N) is 1. The zero-order valence-corrected chi connectivity index (χ0v) is 8.12. The van der Waals surface area contributed by atoms with Crippen molar-refractivity contribution in [3.05, 3.63) is 23.0 Å².